The summed E-state index contributed by atoms with van der Waals surface area (Å²) in [5, 5.41) is 6.95. The summed E-state index contributed by atoms with van der Waals surface area (Å²) >= 11 is 0. The van der Waals surface area contributed by atoms with Crippen molar-refractivity contribution in [1.82, 2.24) is 20.4 Å². The van der Waals surface area contributed by atoms with Crippen molar-refractivity contribution in [3.05, 3.63) is 35.7 Å². The number of nitrogens with zero attached hydrogens (tertiary/aromatic N) is 3. The van der Waals surface area contributed by atoms with E-state index in [1.807, 2.05) is 37.8 Å². The molecule has 0 atom stereocenters. The van der Waals surface area contributed by atoms with Crippen LogP contribution in [0.2, 0.25) is 0 Å². The van der Waals surface area contributed by atoms with Crippen molar-refractivity contribution in [3.63, 3.8) is 0 Å². The fourth-order valence-corrected chi connectivity index (χ4v) is 2.49. The lowest BCUT2D eigenvalue weighted by molar-refractivity contribution is -0.122. The molecule has 6 heteroatoms. The molecule has 0 spiro atoms. The molecular weight excluding hydrogens is 316 g/mol. The summed E-state index contributed by atoms with van der Waals surface area (Å²) in [4.78, 5) is 18.3. The van der Waals surface area contributed by atoms with E-state index in [2.05, 4.69) is 41.4 Å². The predicted octanol–water partition coefficient (Wildman–Crippen LogP) is 3.21. The lowest BCUT2D eigenvalue weighted by Gasteiger charge is -2.18. The Morgan fingerprint density at radius 1 is 1.20 bits per heavy atom. The van der Waals surface area contributed by atoms with Crippen LogP contribution in [0, 0.1) is 0 Å². The van der Waals surface area contributed by atoms with Crippen molar-refractivity contribution in [2.45, 2.75) is 53.1 Å². The molecule has 1 aromatic heterocycles. The zero-order valence-corrected chi connectivity index (χ0v) is 15.7. The summed E-state index contributed by atoms with van der Waals surface area (Å²) in [7, 11) is 0. The molecule has 0 aliphatic carbocycles. The summed E-state index contributed by atoms with van der Waals surface area (Å²) in [5.41, 5.74) is 2.21. The van der Waals surface area contributed by atoms with Gasteiger partial charge in [-0.2, -0.15) is 4.98 Å². The van der Waals surface area contributed by atoms with Crippen molar-refractivity contribution in [2.24, 2.45) is 0 Å². The first-order valence-corrected chi connectivity index (χ1v) is 8.83. The molecule has 1 amide bonds. The largest absolute Gasteiger partial charge is 0.353 e. The second-order valence-corrected chi connectivity index (χ2v) is 6.81. The summed E-state index contributed by atoms with van der Waals surface area (Å²) in [6.45, 7) is 11.7. The number of carbonyl (C=O) groups excluding carboxylic acids is 1. The highest BCUT2D eigenvalue weighted by atomic mass is 16.5. The van der Waals surface area contributed by atoms with E-state index >= 15 is 0 Å². The highest BCUT2D eigenvalue weighted by Gasteiger charge is 2.15. The first-order valence-electron chi connectivity index (χ1n) is 8.83. The smallest absolute Gasteiger partial charge is 0.241 e. The molecular formula is C19H28N4O2. The second-order valence-electron chi connectivity index (χ2n) is 6.81. The van der Waals surface area contributed by atoms with Crippen LogP contribution >= 0.6 is 0 Å². The van der Waals surface area contributed by atoms with Crippen LogP contribution in [0.5, 0.6) is 0 Å². The third kappa shape index (κ3) is 5.67. The number of aromatic nitrogens is 2. The van der Waals surface area contributed by atoms with Gasteiger partial charge in [0.15, 0.2) is 0 Å². The minimum atomic E-state index is 0.000799. The Morgan fingerprint density at radius 3 is 2.44 bits per heavy atom. The molecule has 6 nitrogen and oxygen atoms in total. The molecule has 0 bridgehead atoms. The molecule has 0 saturated carbocycles. The van der Waals surface area contributed by atoms with Gasteiger partial charge in [0.05, 0.1) is 13.1 Å². The van der Waals surface area contributed by atoms with E-state index in [-0.39, 0.29) is 11.9 Å². The molecule has 0 radical (unpaired) electrons. The quantitative estimate of drug-likeness (QED) is 0.796. The summed E-state index contributed by atoms with van der Waals surface area (Å²) in [5.74, 6) is 1.58. The summed E-state index contributed by atoms with van der Waals surface area (Å²) in [6, 6.07) is 8.33. The third-order valence-electron chi connectivity index (χ3n) is 3.93. The number of benzene rings is 1. The van der Waals surface area contributed by atoms with Gasteiger partial charge in [-0.05, 0) is 31.9 Å². The van der Waals surface area contributed by atoms with Crippen LogP contribution in [0.1, 0.15) is 52.0 Å². The molecule has 0 unspecified atom stereocenters. The average Bonchev–Trinajstić information content (AvgIpc) is 3.02. The Labute approximate surface area is 149 Å². The molecule has 2 rings (SSSR count). The van der Waals surface area contributed by atoms with Crippen LogP contribution in [0.3, 0.4) is 0 Å². The molecule has 0 aliphatic heterocycles. The molecule has 0 saturated heterocycles. The molecule has 0 aliphatic rings. The first-order chi connectivity index (χ1) is 11.9. The van der Waals surface area contributed by atoms with Gasteiger partial charge in [0.1, 0.15) is 0 Å². The van der Waals surface area contributed by atoms with Gasteiger partial charge in [-0.3, -0.25) is 9.69 Å². The van der Waals surface area contributed by atoms with Gasteiger partial charge < -0.3 is 9.84 Å². The average molecular weight is 344 g/mol. The highest BCUT2D eigenvalue weighted by molar-refractivity contribution is 5.78. The van der Waals surface area contributed by atoms with E-state index in [0.29, 0.717) is 30.7 Å². The second kappa shape index (κ2) is 8.76. The number of hydrogen-bond donors (Lipinski definition) is 1. The van der Waals surface area contributed by atoms with Crippen molar-refractivity contribution < 1.29 is 9.32 Å². The zero-order chi connectivity index (χ0) is 18.4. The number of likely N-dealkylation sites (N-methyl/N-ethyl adjacent to an activating group) is 1. The number of nitrogens with one attached hydrogen (secondary N) is 1. The number of rotatable bonds is 8. The molecule has 0 fully saturated rings. The fraction of sp³-hybridized carbons (Fsp3) is 0.526. The van der Waals surface area contributed by atoms with E-state index in [0.717, 1.165) is 12.1 Å². The van der Waals surface area contributed by atoms with E-state index in [1.165, 1.54) is 5.56 Å². The maximum atomic E-state index is 11.9. The Balaban J connectivity index is 2.01. The van der Waals surface area contributed by atoms with Gasteiger partial charge in [-0.25, -0.2) is 0 Å². The Morgan fingerprint density at radius 2 is 1.88 bits per heavy atom. The molecule has 136 valence electrons. The molecule has 1 N–H and O–H groups in total. The minimum Gasteiger partial charge on any atom is -0.353 e. The number of amides is 1. The summed E-state index contributed by atoms with van der Waals surface area (Å²) in [6.07, 6.45) is 0. The number of carbonyl (C=O) groups is 1. The van der Waals surface area contributed by atoms with Crippen molar-refractivity contribution in [3.8, 4) is 11.4 Å². The number of hydrogen-bond acceptors (Lipinski definition) is 5. The van der Waals surface area contributed by atoms with E-state index in [9.17, 15) is 4.79 Å². The van der Waals surface area contributed by atoms with Crippen LogP contribution < -0.4 is 5.32 Å². The van der Waals surface area contributed by atoms with Crippen molar-refractivity contribution >= 4 is 5.91 Å². The molecule has 25 heavy (non-hydrogen) atoms. The van der Waals surface area contributed by atoms with Crippen LogP contribution in [-0.2, 0) is 11.3 Å². The maximum absolute atomic E-state index is 11.9. The lowest BCUT2D eigenvalue weighted by Crippen LogP contribution is -2.39. The van der Waals surface area contributed by atoms with Crippen molar-refractivity contribution in [1.29, 1.82) is 0 Å². The summed E-state index contributed by atoms with van der Waals surface area (Å²) < 4.78 is 5.36. The van der Waals surface area contributed by atoms with E-state index in [4.69, 9.17) is 4.52 Å². The van der Waals surface area contributed by atoms with Crippen LogP contribution in [0.25, 0.3) is 11.4 Å². The Hall–Kier alpha value is -2.21. The van der Waals surface area contributed by atoms with Crippen molar-refractivity contribution in [2.75, 3.05) is 13.1 Å². The molecule has 1 heterocycles. The fourth-order valence-electron chi connectivity index (χ4n) is 2.49. The normalized spacial score (nSPS) is 11.5. The minimum absolute atomic E-state index is 0.000799. The SMILES string of the molecule is CCN(CC(=O)NC(C)C)Cc1nc(-c2ccc(C(C)C)cc2)no1. The monoisotopic (exact) mass is 344 g/mol. The lowest BCUT2D eigenvalue weighted by atomic mass is 10.0. The standard InChI is InChI=1S/C19H28N4O2/c1-6-23(11-17(24)20-14(4)5)12-18-21-19(22-25-18)16-9-7-15(8-10-16)13(2)3/h7-10,13-14H,6,11-12H2,1-5H3,(H,20,24). The zero-order valence-electron chi connectivity index (χ0n) is 15.7. The van der Waals surface area contributed by atoms with Gasteiger partial charge >= 0.3 is 0 Å². The van der Waals surface area contributed by atoms with Gasteiger partial charge in [0, 0.05) is 11.6 Å². The maximum Gasteiger partial charge on any atom is 0.241 e. The predicted molar refractivity (Wildman–Crippen MR) is 98.1 cm³/mol. The van der Waals surface area contributed by atoms with E-state index in [1.54, 1.807) is 0 Å². The highest BCUT2D eigenvalue weighted by Crippen LogP contribution is 2.20. The van der Waals surface area contributed by atoms with Gasteiger partial charge in [-0.1, -0.05) is 50.2 Å². The van der Waals surface area contributed by atoms with Gasteiger partial charge in [-0.15, -0.1) is 0 Å². The van der Waals surface area contributed by atoms with Gasteiger partial charge in [0.2, 0.25) is 17.6 Å². The molecule has 2 aromatic rings. The molecule has 1 aromatic carbocycles. The van der Waals surface area contributed by atoms with E-state index < -0.39 is 0 Å². The van der Waals surface area contributed by atoms with Crippen LogP contribution in [-0.4, -0.2) is 40.1 Å². The topological polar surface area (TPSA) is 71.3 Å². The third-order valence-corrected chi connectivity index (χ3v) is 3.93. The Bertz CT molecular complexity index is 677. The van der Waals surface area contributed by atoms with Gasteiger partial charge in [0.25, 0.3) is 0 Å². The van der Waals surface area contributed by atoms with Crippen LogP contribution in [0.4, 0.5) is 0 Å². The first kappa shape index (κ1) is 19.1. The Kier molecular flexibility index (Phi) is 6.70. The van der Waals surface area contributed by atoms with Crippen LogP contribution in [0.15, 0.2) is 28.8 Å².